The van der Waals surface area contributed by atoms with E-state index in [0.29, 0.717) is 0 Å². The number of amides is 1. The number of carbonyl (C=O) groups is 1. The highest BCUT2D eigenvalue weighted by Crippen LogP contribution is 2.21. The maximum Gasteiger partial charge on any atom is 0.258 e. The molecule has 1 rings (SSSR count). The Labute approximate surface area is 103 Å². The summed E-state index contributed by atoms with van der Waals surface area (Å²) in [5.41, 5.74) is 2.11. The maximum atomic E-state index is 11.6. The van der Waals surface area contributed by atoms with Gasteiger partial charge in [0, 0.05) is 6.04 Å². The van der Waals surface area contributed by atoms with Crippen LogP contribution in [0, 0.1) is 13.8 Å². The molecule has 0 unspecified atom stereocenters. The standard InChI is InChI=1S/C14H21NO2/c1-5-12(4)15-13(16)9-17-14-10(2)7-6-8-11(14)3/h6-8,12H,5,9H2,1-4H3,(H,15,16)/t12-/m0/s1. The third kappa shape index (κ3) is 4.10. The van der Waals surface area contributed by atoms with Gasteiger partial charge in [-0.25, -0.2) is 0 Å². The molecule has 1 aromatic carbocycles. The number of benzene rings is 1. The van der Waals surface area contributed by atoms with Crippen LogP contribution in [0.1, 0.15) is 31.4 Å². The van der Waals surface area contributed by atoms with E-state index in [-0.39, 0.29) is 18.6 Å². The summed E-state index contributed by atoms with van der Waals surface area (Å²) < 4.78 is 5.56. The predicted octanol–water partition coefficient (Wildman–Crippen LogP) is 2.60. The fourth-order valence-corrected chi connectivity index (χ4v) is 1.58. The Hall–Kier alpha value is -1.51. The molecule has 0 saturated carbocycles. The summed E-state index contributed by atoms with van der Waals surface area (Å²) in [5, 5.41) is 2.87. The Morgan fingerprint density at radius 2 is 1.94 bits per heavy atom. The Morgan fingerprint density at radius 1 is 1.35 bits per heavy atom. The van der Waals surface area contributed by atoms with Gasteiger partial charge in [-0.05, 0) is 38.3 Å². The molecule has 0 heterocycles. The predicted molar refractivity (Wildman–Crippen MR) is 69.3 cm³/mol. The van der Waals surface area contributed by atoms with Gasteiger partial charge in [-0.3, -0.25) is 4.79 Å². The van der Waals surface area contributed by atoms with Crippen LogP contribution in [0.2, 0.25) is 0 Å². The van der Waals surface area contributed by atoms with Crippen LogP contribution < -0.4 is 10.1 Å². The van der Waals surface area contributed by atoms with Crippen LogP contribution in [-0.4, -0.2) is 18.6 Å². The summed E-state index contributed by atoms with van der Waals surface area (Å²) in [6.45, 7) is 8.06. The molecule has 0 aliphatic rings. The molecular formula is C14H21NO2. The molecule has 1 atom stereocenters. The van der Waals surface area contributed by atoms with Crippen LogP contribution in [0.3, 0.4) is 0 Å². The minimum atomic E-state index is -0.0676. The fraction of sp³-hybridized carbons (Fsp3) is 0.500. The molecule has 1 N–H and O–H groups in total. The van der Waals surface area contributed by atoms with Crippen LogP contribution in [0.4, 0.5) is 0 Å². The molecule has 0 saturated heterocycles. The van der Waals surface area contributed by atoms with Crippen molar-refractivity contribution >= 4 is 5.91 Å². The minimum Gasteiger partial charge on any atom is -0.483 e. The van der Waals surface area contributed by atoms with Crippen LogP contribution in [0.25, 0.3) is 0 Å². The fourth-order valence-electron chi connectivity index (χ4n) is 1.58. The summed E-state index contributed by atoms with van der Waals surface area (Å²) in [7, 11) is 0. The Morgan fingerprint density at radius 3 is 2.47 bits per heavy atom. The van der Waals surface area contributed by atoms with E-state index in [2.05, 4.69) is 5.32 Å². The first-order valence-corrected chi connectivity index (χ1v) is 6.03. The van der Waals surface area contributed by atoms with Crippen molar-refractivity contribution in [2.45, 2.75) is 40.2 Å². The lowest BCUT2D eigenvalue weighted by molar-refractivity contribution is -0.123. The third-order valence-electron chi connectivity index (χ3n) is 2.78. The van der Waals surface area contributed by atoms with E-state index in [4.69, 9.17) is 4.74 Å². The zero-order valence-corrected chi connectivity index (χ0v) is 11.0. The summed E-state index contributed by atoms with van der Waals surface area (Å²) in [6.07, 6.45) is 0.926. The lowest BCUT2D eigenvalue weighted by Crippen LogP contribution is -2.35. The quantitative estimate of drug-likeness (QED) is 0.852. The molecular weight excluding hydrogens is 214 g/mol. The molecule has 17 heavy (non-hydrogen) atoms. The topological polar surface area (TPSA) is 38.3 Å². The smallest absolute Gasteiger partial charge is 0.258 e. The van der Waals surface area contributed by atoms with Gasteiger partial charge in [0.1, 0.15) is 5.75 Å². The number of carbonyl (C=O) groups excluding carboxylic acids is 1. The summed E-state index contributed by atoms with van der Waals surface area (Å²) in [6, 6.07) is 6.14. The lowest BCUT2D eigenvalue weighted by atomic mass is 10.1. The number of hydrogen-bond donors (Lipinski definition) is 1. The average molecular weight is 235 g/mol. The number of rotatable bonds is 5. The third-order valence-corrected chi connectivity index (χ3v) is 2.78. The van der Waals surface area contributed by atoms with Crippen molar-refractivity contribution in [1.82, 2.24) is 5.32 Å². The van der Waals surface area contributed by atoms with E-state index in [1.165, 1.54) is 0 Å². The normalized spacial score (nSPS) is 12.0. The molecule has 0 aliphatic heterocycles. The Balaban J connectivity index is 2.53. The number of aryl methyl sites for hydroxylation is 2. The first-order chi connectivity index (χ1) is 8.04. The van der Waals surface area contributed by atoms with Crippen molar-refractivity contribution in [3.63, 3.8) is 0 Å². The zero-order valence-electron chi connectivity index (χ0n) is 11.0. The molecule has 0 radical (unpaired) electrons. The van der Waals surface area contributed by atoms with Crippen molar-refractivity contribution in [3.8, 4) is 5.75 Å². The molecule has 0 aromatic heterocycles. The molecule has 0 aliphatic carbocycles. The largest absolute Gasteiger partial charge is 0.483 e. The molecule has 94 valence electrons. The van der Waals surface area contributed by atoms with Gasteiger partial charge < -0.3 is 10.1 Å². The second-order valence-corrected chi connectivity index (χ2v) is 4.39. The van der Waals surface area contributed by atoms with Crippen LogP contribution in [0.15, 0.2) is 18.2 Å². The number of hydrogen-bond acceptors (Lipinski definition) is 2. The average Bonchev–Trinajstić information content (AvgIpc) is 2.28. The van der Waals surface area contributed by atoms with E-state index in [1.807, 2.05) is 45.9 Å². The van der Waals surface area contributed by atoms with Gasteiger partial charge in [-0.1, -0.05) is 25.1 Å². The van der Waals surface area contributed by atoms with Gasteiger partial charge in [0.15, 0.2) is 6.61 Å². The van der Waals surface area contributed by atoms with E-state index < -0.39 is 0 Å². The lowest BCUT2D eigenvalue weighted by Gasteiger charge is -2.14. The second-order valence-electron chi connectivity index (χ2n) is 4.39. The van der Waals surface area contributed by atoms with Crippen molar-refractivity contribution in [3.05, 3.63) is 29.3 Å². The van der Waals surface area contributed by atoms with Crippen molar-refractivity contribution in [2.75, 3.05) is 6.61 Å². The molecule has 0 fully saturated rings. The highest BCUT2D eigenvalue weighted by Gasteiger charge is 2.08. The summed E-state index contributed by atoms with van der Waals surface area (Å²) in [5.74, 6) is 0.744. The molecule has 0 spiro atoms. The maximum absolute atomic E-state index is 11.6. The molecule has 1 amide bonds. The van der Waals surface area contributed by atoms with Crippen LogP contribution >= 0.6 is 0 Å². The zero-order chi connectivity index (χ0) is 12.8. The number of ether oxygens (including phenoxy) is 1. The minimum absolute atomic E-state index is 0.0676. The number of para-hydroxylation sites is 1. The van der Waals surface area contributed by atoms with Gasteiger partial charge in [0.2, 0.25) is 0 Å². The Kier molecular flexibility index (Phi) is 5.01. The molecule has 1 aromatic rings. The van der Waals surface area contributed by atoms with Gasteiger partial charge in [-0.2, -0.15) is 0 Å². The highest BCUT2D eigenvalue weighted by atomic mass is 16.5. The van der Waals surface area contributed by atoms with E-state index in [1.54, 1.807) is 0 Å². The number of nitrogens with one attached hydrogen (secondary N) is 1. The van der Waals surface area contributed by atoms with Crippen LogP contribution in [-0.2, 0) is 4.79 Å². The SMILES string of the molecule is CC[C@H](C)NC(=O)COc1c(C)cccc1C. The molecule has 3 heteroatoms. The Bertz CT molecular complexity index is 368. The van der Waals surface area contributed by atoms with Gasteiger partial charge in [-0.15, -0.1) is 0 Å². The summed E-state index contributed by atoms with van der Waals surface area (Å²) >= 11 is 0. The van der Waals surface area contributed by atoms with Gasteiger partial charge in [0.25, 0.3) is 5.91 Å². The van der Waals surface area contributed by atoms with Crippen molar-refractivity contribution < 1.29 is 9.53 Å². The van der Waals surface area contributed by atoms with Crippen molar-refractivity contribution in [1.29, 1.82) is 0 Å². The highest BCUT2D eigenvalue weighted by molar-refractivity contribution is 5.77. The van der Waals surface area contributed by atoms with Gasteiger partial charge in [0.05, 0.1) is 0 Å². The molecule has 3 nitrogen and oxygen atoms in total. The van der Waals surface area contributed by atoms with Crippen molar-refractivity contribution in [2.24, 2.45) is 0 Å². The molecule has 0 bridgehead atoms. The second kappa shape index (κ2) is 6.28. The van der Waals surface area contributed by atoms with Gasteiger partial charge >= 0.3 is 0 Å². The first-order valence-electron chi connectivity index (χ1n) is 6.03. The van der Waals surface area contributed by atoms with E-state index >= 15 is 0 Å². The van der Waals surface area contributed by atoms with E-state index in [0.717, 1.165) is 23.3 Å². The summed E-state index contributed by atoms with van der Waals surface area (Å²) in [4.78, 5) is 11.6. The first kappa shape index (κ1) is 13.6. The monoisotopic (exact) mass is 235 g/mol. The van der Waals surface area contributed by atoms with E-state index in [9.17, 15) is 4.79 Å². The van der Waals surface area contributed by atoms with Crippen LogP contribution in [0.5, 0.6) is 5.75 Å².